The predicted molar refractivity (Wildman–Crippen MR) is 74.9 cm³/mol. The molecule has 0 saturated heterocycles. The molecule has 0 fully saturated rings. The van der Waals surface area contributed by atoms with Crippen molar-refractivity contribution in [3.63, 3.8) is 0 Å². The molecule has 0 unspecified atom stereocenters. The van der Waals surface area contributed by atoms with Gasteiger partial charge in [0, 0.05) is 10.7 Å². The van der Waals surface area contributed by atoms with Gasteiger partial charge >= 0.3 is 0 Å². The lowest BCUT2D eigenvalue weighted by atomic mass is 10.1. The summed E-state index contributed by atoms with van der Waals surface area (Å²) in [6, 6.07) is 16.0. The van der Waals surface area contributed by atoms with Gasteiger partial charge in [-0.25, -0.2) is 0 Å². The molecule has 0 aliphatic rings. The lowest BCUT2D eigenvalue weighted by Crippen LogP contribution is -2.14. The van der Waals surface area contributed by atoms with E-state index < -0.39 is 0 Å². The molecule has 0 aliphatic heterocycles. The number of hydrogen-bond donors (Lipinski definition) is 1. The van der Waals surface area contributed by atoms with Crippen LogP contribution in [0.1, 0.15) is 11.1 Å². The zero-order valence-electron chi connectivity index (χ0n) is 10.1. The van der Waals surface area contributed by atoms with Crippen LogP contribution in [0.2, 0.25) is 5.02 Å². The minimum Gasteiger partial charge on any atom is -0.326 e. The summed E-state index contributed by atoms with van der Waals surface area (Å²) >= 11 is 5.86. The first kappa shape index (κ1) is 13.1. The lowest BCUT2D eigenvalue weighted by Gasteiger charge is -2.05. The average Bonchev–Trinajstić information content (AvgIpc) is 2.38. The molecule has 0 saturated carbocycles. The van der Waals surface area contributed by atoms with Crippen molar-refractivity contribution >= 4 is 23.2 Å². The summed E-state index contributed by atoms with van der Waals surface area (Å²) in [7, 11) is 0. The molecule has 0 heterocycles. The number of nitrogens with one attached hydrogen (secondary N) is 1. The van der Waals surface area contributed by atoms with Crippen LogP contribution in [0.3, 0.4) is 0 Å². The van der Waals surface area contributed by atoms with Gasteiger partial charge < -0.3 is 5.32 Å². The van der Waals surface area contributed by atoms with E-state index in [0.717, 1.165) is 5.56 Å². The van der Waals surface area contributed by atoms with Crippen LogP contribution < -0.4 is 5.32 Å². The Balaban J connectivity index is 2.03. The van der Waals surface area contributed by atoms with E-state index in [1.807, 2.05) is 12.1 Å². The van der Waals surface area contributed by atoms with Crippen LogP contribution in [0.25, 0.3) is 0 Å². The molecule has 1 N–H and O–H groups in total. The fraction of sp³-hybridized carbons (Fsp3) is 0.0667. The third-order valence-electron chi connectivity index (χ3n) is 2.53. The summed E-state index contributed by atoms with van der Waals surface area (Å²) in [6.07, 6.45) is 0.247. The van der Waals surface area contributed by atoms with E-state index in [0.29, 0.717) is 16.3 Å². The van der Waals surface area contributed by atoms with Gasteiger partial charge in [0.15, 0.2) is 0 Å². The topological polar surface area (TPSA) is 52.9 Å². The van der Waals surface area contributed by atoms with Gasteiger partial charge in [0.25, 0.3) is 0 Å². The molecule has 0 bridgehead atoms. The van der Waals surface area contributed by atoms with Crippen LogP contribution in [0.4, 0.5) is 5.69 Å². The SMILES string of the molecule is N#Cc1cccc(NC(=O)Cc2cccc(Cl)c2)c1. The molecule has 2 aromatic carbocycles. The van der Waals surface area contributed by atoms with Gasteiger partial charge in [-0.2, -0.15) is 5.26 Å². The van der Waals surface area contributed by atoms with E-state index in [2.05, 4.69) is 5.32 Å². The predicted octanol–water partition coefficient (Wildman–Crippen LogP) is 3.39. The summed E-state index contributed by atoms with van der Waals surface area (Å²) in [5.41, 5.74) is 1.98. The van der Waals surface area contributed by atoms with Crippen LogP contribution in [-0.4, -0.2) is 5.91 Å². The van der Waals surface area contributed by atoms with Gasteiger partial charge in [0.2, 0.25) is 5.91 Å². The molecule has 2 aromatic rings. The van der Waals surface area contributed by atoms with Gasteiger partial charge in [-0.05, 0) is 35.9 Å². The van der Waals surface area contributed by atoms with Crippen LogP contribution in [-0.2, 0) is 11.2 Å². The van der Waals surface area contributed by atoms with E-state index in [9.17, 15) is 4.79 Å². The Bertz CT molecular complexity index is 647. The van der Waals surface area contributed by atoms with Crippen molar-refractivity contribution < 1.29 is 4.79 Å². The van der Waals surface area contributed by atoms with Gasteiger partial charge in [-0.1, -0.05) is 29.8 Å². The highest BCUT2D eigenvalue weighted by Crippen LogP contribution is 2.13. The number of benzene rings is 2. The van der Waals surface area contributed by atoms with Crippen molar-refractivity contribution in [2.75, 3.05) is 5.32 Å². The second kappa shape index (κ2) is 6.03. The second-order valence-corrected chi connectivity index (χ2v) is 4.48. The highest BCUT2D eigenvalue weighted by molar-refractivity contribution is 6.30. The standard InChI is InChI=1S/C15H11ClN2O/c16-13-5-1-3-11(7-13)9-15(19)18-14-6-2-4-12(8-14)10-17/h1-8H,9H2,(H,18,19). The molecule has 0 aromatic heterocycles. The first-order chi connectivity index (χ1) is 9.17. The highest BCUT2D eigenvalue weighted by Gasteiger charge is 2.05. The van der Waals surface area contributed by atoms with Gasteiger partial charge in [0.05, 0.1) is 18.1 Å². The van der Waals surface area contributed by atoms with Crippen molar-refractivity contribution in [2.24, 2.45) is 0 Å². The monoisotopic (exact) mass is 270 g/mol. The Morgan fingerprint density at radius 3 is 2.74 bits per heavy atom. The summed E-state index contributed by atoms with van der Waals surface area (Å²) in [6.45, 7) is 0. The number of hydrogen-bond acceptors (Lipinski definition) is 2. The van der Waals surface area contributed by atoms with Crippen LogP contribution in [0.5, 0.6) is 0 Å². The molecular weight excluding hydrogens is 260 g/mol. The van der Waals surface area contributed by atoms with Crippen molar-refractivity contribution in [1.29, 1.82) is 5.26 Å². The molecule has 1 amide bonds. The Morgan fingerprint density at radius 1 is 1.21 bits per heavy atom. The van der Waals surface area contributed by atoms with E-state index in [-0.39, 0.29) is 12.3 Å². The van der Waals surface area contributed by atoms with Crippen molar-refractivity contribution in [1.82, 2.24) is 0 Å². The van der Waals surface area contributed by atoms with Crippen molar-refractivity contribution in [3.05, 3.63) is 64.7 Å². The summed E-state index contributed by atoms with van der Waals surface area (Å²) in [4.78, 5) is 11.9. The van der Waals surface area contributed by atoms with E-state index >= 15 is 0 Å². The van der Waals surface area contributed by atoms with Crippen molar-refractivity contribution in [3.8, 4) is 6.07 Å². The maximum Gasteiger partial charge on any atom is 0.228 e. The maximum absolute atomic E-state index is 11.9. The van der Waals surface area contributed by atoms with Crippen LogP contribution >= 0.6 is 11.6 Å². The quantitative estimate of drug-likeness (QED) is 0.929. The van der Waals surface area contributed by atoms with Gasteiger partial charge in [-0.3, -0.25) is 4.79 Å². The molecule has 19 heavy (non-hydrogen) atoms. The molecule has 0 atom stereocenters. The number of anilines is 1. The molecule has 94 valence electrons. The summed E-state index contributed by atoms with van der Waals surface area (Å²) in [5.74, 6) is -0.141. The Hall–Kier alpha value is -2.31. The number of nitriles is 1. The third kappa shape index (κ3) is 3.84. The van der Waals surface area contributed by atoms with Crippen LogP contribution in [0.15, 0.2) is 48.5 Å². The average molecular weight is 271 g/mol. The fourth-order valence-electron chi connectivity index (χ4n) is 1.70. The second-order valence-electron chi connectivity index (χ2n) is 4.05. The normalized spacial score (nSPS) is 9.68. The number of rotatable bonds is 3. The van der Waals surface area contributed by atoms with Gasteiger partial charge in [-0.15, -0.1) is 0 Å². The summed E-state index contributed by atoms with van der Waals surface area (Å²) < 4.78 is 0. The fourth-order valence-corrected chi connectivity index (χ4v) is 1.92. The number of carbonyl (C=O) groups is 1. The lowest BCUT2D eigenvalue weighted by molar-refractivity contribution is -0.115. The molecule has 4 heteroatoms. The first-order valence-corrected chi connectivity index (χ1v) is 6.09. The largest absolute Gasteiger partial charge is 0.326 e. The molecule has 3 nitrogen and oxygen atoms in total. The number of nitrogens with zero attached hydrogens (tertiary/aromatic N) is 1. The molecule has 2 rings (SSSR count). The van der Waals surface area contributed by atoms with E-state index in [1.165, 1.54) is 0 Å². The first-order valence-electron chi connectivity index (χ1n) is 5.72. The Kier molecular flexibility index (Phi) is 4.17. The summed E-state index contributed by atoms with van der Waals surface area (Å²) in [5, 5.41) is 12.1. The van der Waals surface area contributed by atoms with E-state index in [4.69, 9.17) is 16.9 Å². The minimum atomic E-state index is -0.141. The molecule has 0 radical (unpaired) electrons. The van der Waals surface area contributed by atoms with Crippen LogP contribution in [0, 0.1) is 11.3 Å². The maximum atomic E-state index is 11.9. The van der Waals surface area contributed by atoms with E-state index in [1.54, 1.807) is 42.5 Å². The molecule has 0 spiro atoms. The molecule has 0 aliphatic carbocycles. The minimum absolute atomic E-state index is 0.141. The zero-order valence-corrected chi connectivity index (χ0v) is 10.8. The zero-order chi connectivity index (χ0) is 13.7. The number of halogens is 1. The van der Waals surface area contributed by atoms with Crippen molar-refractivity contribution in [2.45, 2.75) is 6.42 Å². The number of carbonyl (C=O) groups excluding carboxylic acids is 1. The van der Waals surface area contributed by atoms with Gasteiger partial charge in [0.1, 0.15) is 0 Å². The number of amides is 1. The highest BCUT2D eigenvalue weighted by atomic mass is 35.5. The smallest absolute Gasteiger partial charge is 0.228 e. The Labute approximate surface area is 116 Å². The third-order valence-corrected chi connectivity index (χ3v) is 2.76. The Morgan fingerprint density at radius 2 is 2.00 bits per heavy atom. The molecular formula is C15H11ClN2O.